The highest BCUT2D eigenvalue weighted by Gasteiger charge is 2.28. The summed E-state index contributed by atoms with van der Waals surface area (Å²) in [6.45, 7) is 1.66. The van der Waals surface area contributed by atoms with E-state index in [0.717, 1.165) is 12.0 Å². The Morgan fingerprint density at radius 1 is 1.07 bits per heavy atom. The Bertz CT molecular complexity index is 872. The van der Waals surface area contributed by atoms with Crippen molar-refractivity contribution in [2.45, 2.75) is 19.3 Å². The third kappa shape index (κ3) is 5.66. The van der Waals surface area contributed by atoms with Gasteiger partial charge in [0.1, 0.15) is 11.5 Å². The summed E-state index contributed by atoms with van der Waals surface area (Å²) in [6.07, 6.45) is 2.03. The Kier molecular flexibility index (Phi) is 7.57. The minimum atomic E-state index is -0.0768. The van der Waals surface area contributed by atoms with Crippen molar-refractivity contribution in [3.05, 3.63) is 58.6 Å². The predicted octanol–water partition coefficient (Wildman–Crippen LogP) is 3.57. The number of piperidine rings is 1. The summed E-state index contributed by atoms with van der Waals surface area (Å²) in [5.41, 5.74) is 1.62. The topological polar surface area (TPSA) is 67.9 Å². The quantitative estimate of drug-likeness (QED) is 0.729. The largest absolute Gasteiger partial charge is 0.497 e. The molecule has 1 heterocycles. The van der Waals surface area contributed by atoms with Crippen LogP contribution >= 0.6 is 11.6 Å². The van der Waals surface area contributed by atoms with Gasteiger partial charge in [-0.3, -0.25) is 9.59 Å². The van der Waals surface area contributed by atoms with Gasteiger partial charge in [-0.15, -0.1) is 0 Å². The van der Waals surface area contributed by atoms with Gasteiger partial charge in [0.15, 0.2) is 0 Å². The first kappa shape index (κ1) is 22.0. The van der Waals surface area contributed by atoms with Gasteiger partial charge in [-0.25, -0.2) is 0 Å². The summed E-state index contributed by atoms with van der Waals surface area (Å²) >= 11 is 5.99. The maximum absolute atomic E-state index is 12.9. The maximum Gasteiger partial charge on any atom is 0.254 e. The molecule has 1 saturated heterocycles. The van der Waals surface area contributed by atoms with E-state index in [0.29, 0.717) is 54.6 Å². The summed E-state index contributed by atoms with van der Waals surface area (Å²) in [4.78, 5) is 27.1. The number of hydrogen-bond acceptors (Lipinski definition) is 4. The molecule has 0 atom stereocenters. The fourth-order valence-electron chi connectivity index (χ4n) is 3.63. The molecule has 1 N–H and O–H groups in total. The zero-order valence-electron chi connectivity index (χ0n) is 17.3. The van der Waals surface area contributed by atoms with Gasteiger partial charge in [0.2, 0.25) is 5.91 Å². The molecule has 2 aromatic rings. The second-order valence-electron chi connectivity index (χ2n) is 7.34. The third-order valence-electron chi connectivity index (χ3n) is 5.35. The molecule has 0 aliphatic carbocycles. The average molecular weight is 431 g/mol. The smallest absolute Gasteiger partial charge is 0.254 e. The Morgan fingerprint density at radius 2 is 1.73 bits per heavy atom. The third-order valence-corrected chi connectivity index (χ3v) is 5.59. The minimum absolute atomic E-state index is 0.0483. The molecule has 7 heteroatoms. The number of likely N-dealkylation sites (tertiary alicyclic amines) is 1. The zero-order valence-corrected chi connectivity index (χ0v) is 18.1. The van der Waals surface area contributed by atoms with Gasteiger partial charge in [0.05, 0.1) is 14.2 Å². The normalized spacial score (nSPS) is 14.3. The number of methoxy groups -OCH3 is 2. The molecule has 1 fully saturated rings. The van der Waals surface area contributed by atoms with Gasteiger partial charge in [-0.2, -0.15) is 0 Å². The van der Waals surface area contributed by atoms with Crippen molar-refractivity contribution in [2.24, 2.45) is 5.92 Å². The second-order valence-corrected chi connectivity index (χ2v) is 7.78. The first-order chi connectivity index (χ1) is 14.5. The summed E-state index contributed by atoms with van der Waals surface area (Å²) < 4.78 is 10.5. The summed E-state index contributed by atoms with van der Waals surface area (Å²) in [5.74, 6) is 1.05. The Labute approximate surface area is 182 Å². The van der Waals surface area contributed by atoms with Gasteiger partial charge in [0, 0.05) is 42.2 Å². The maximum atomic E-state index is 12.9. The number of ether oxygens (including phenoxy) is 2. The molecule has 0 bridgehead atoms. The zero-order chi connectivity index (χ0) is 21.5. The molecule has 0 aromatic heterocycles. The number of nitrogens with one attached hydrogen (secondary N) is 1. The monoisotopic (exact) mass is 430 g/mol. The average Bonchev–Trinajstić information content (AvgIpc) is 2.78. The van der Waals surface area contributed by atoms with Crippen molar-refractivity contribution in [1.29, 1.82) is 0 Å². The van der Waals surface area contributed by atoms with Gasteiger partial charge < -0.3 is 19.7 Å². The molecule has 2 amide bonds. The van der Waals surface area contributed by atoms with Crippen LogP contribution in [0.25, 0.3) is 0 Å². The van der Waals surface area contributed by atoms with E-state index in [2.05, 4.69) is 5.32 Å². The van der Waals surface area contributed by atoms with Crippen LogP contribution in [0.4, 0.5) is 0 Å². The molecule has 0 spiro atoms. The van der Waals surface area contributed by atoms with Crippen molar-refractivity contribution in [3.8, 4) is 11.5 Å². The number of carbonyl (C=O) groups is 2. The second kappa shape index (κ2) is 10.3. The van der Waals surface area contributed by atoms with Crippen LogP contribution in [0.1, 0.15) is 28.8 Å². The molecule has 160 valence electrons. The molecule has 1 aliphatic rings. The lowest BCUT2D eigenvalue weighted by atomic mass is 9.95. The predicted molar refractivity (Wildman–Crippen MR) is 116 cm³/mol. The Balaban J connectivity index is 1.49. The highest BCUT2D eigenvalue weighted by Crippen LogP contribution is 2.25. The molecule has 0 radical (unpaired) electrons. The van der Waals surface area contributed by atoms with Crippen molar-refractivity contribution >= 4 is 23.4 Å². The van der Waals surface area contributed by atoms with Crippen molar-refractivity contribution in [3.63, 3.8) is 0 Å². The molecular weight excluding hydrogens is 404 g/mol. The number of benzene rings is 2. The number of hydrogen-bond donors (Lipinski definition) is 1. The SMILES string of the molecule is COc1cc(OC)cc(C(=O)N2CCC(C(=O)NCCc3cccc(Cl)c3)CC2)c1. The first-order valence-electron chi connectivity index (χ1n) is 10.0. The van der Waals surface area contributed by atoms with Crippen molar-refractivity contribution in [1.82, 2.24) is 10.2 Å². The standard InChI is InChI=1S/C23H27ClN2O4/c1-29-20-13-18(14-21(15-20)30-2)23(28)26-10-7-17(8-11-26)22(27)25-9-6-16-4-3-5-19(24)12-16/h3-5,12-15,17H,6-11H2,1-2H3,(H,25,27). The van der Waals surface area contributed by atoms with Gasteiger partial charge in [-0.05, 0) is 49.1 Å². The van der Waals surface area contributed by atoms with E-state index in [1.807, 2.05) is 24.3 Å². The lowest BCUT2D eigenvalue weighted by Crippen LogP contribution is -2.43. The molecule has 1 aliphatic heterocycles. The number of nitrogens with zero attached hydrogens (tertiary/aromatic N) is 1. The molecule has 6 nitrogen and oxygen atoms in total. The first-order valence-corrected chi connectivity index (χ1v) is 10.4. The fourth-order valence-corrected chi connectivity index (χ4v) is 3.84. The lowest BCUT2D eigenvalue weighted by Gasteiger charge is -2.31. The van der Waals surface area contributed by atoms with Crippen LogP contribution in [-0.4, -0.2) is 50.6 Å². The van der Waals surface area contributed by atoms with Gasteiger partial charge >= 0.3 is 0 Å². The summed E-state index contributed by atoms with van der Waals surface area (Å²) in [7, 11) is 3.11. The van der Waals surface area contributed by atoms with Crippen LogP contribution in [0.15, 0.2) is 42.5 Å². The molecule has 0 saturated carbocycles. The highest BCUT2D eigenvalue weighted by molar-refractivity contribution is 6.30. The Hall–Kier alpha value is -2.73. The van der Waals surface area contributed by atoms with E-state index >= 15 is 0 Å². The van der Waals surface area contributed by atoms with Gasteiger partial charge in [-0.1, -0.05) is 23.7 Å². The van der Waals surface area contributed by atoms with Crippen LogP contribution in [-0.2, 0) is 11.2 Å². The van der Waals surface area contributed by atoms with E-state index in [4.69, 9.17) is 21.1 Å². The van der Waals surface area contributed by atoms with E-state index in [9.17, 15) is 9.59 Å². The number of halogens is 1. The van der Waals surface area contributed by atoms with Crippen molar-refractivity contribution < 1.29 is 19.1 Å². The molecule has 30 heavy (non-hydrogen) atoms. The van der Waals surface area contributed by atoms with Crippen LogP contribution < -0.4 is 14.8 Å². The summed E-state index contributed by atoms with van der Waals surface area (Å²) in [5, 5.41) is 3.71. The van der Waals surface area contributed by atoms with E-state index < -0.39 is 0 Å². The summed E-state index contributed by atoms with van der Waals surface area (Å²) in [6, 6.07) is 12.8. The van der Waals surface area contributed by atoms with E-state index in [1.54, 1.807) is 37.3 Å². The van der Waals surface area contributed by atoms with Crippen LogP contribution in [0.3, 0.4) is 0 Å². The number of rotatable bonds is 7. The number of carbonyl (C=O) groups excluding carboxylic acids is 2. The minimum Gasteiger partial charge on any atom is -0.497 e. The fraction of sp³-hybridized carbons (Fsp3) is 0.391. The van der Waals surface area contributed by atoms with Crippen LogP contribution in [0.2, 0.25) is 5.02 Å². The van der Waals surface area contributed by atoms with Crippen LogP contribution in [0, 0.1) is 5.92 Å². The van der Waals surface area contributed by atoms with Gasteiger partial charge in [0.25, 0.3) is 5.91 Å². The van der Waals surface area contributed by atoms with E-state index in [1.165, 1.54) is 0 Å². The lowest BCUT2D eigenvalue weighted by molar-refractivity contribution is -0.126. The highest BCUT2D eigenvalue weighted by atomic mass is 35.5. The van der Waals surface area contributed by atoms with E-state index in [-0.39, 0.29) is 17.7 Å². The Morgan fingerprint density at radius 3 is 2.33 bits per heavy atom. The molecule has 3 rings (SSSR count). The molecule has 2 aromatic carbocycles. The number of amides is 2. The van der Waals surface area contributed by atoms with Crippen molar-refractivity contribution in [2.75, 3.05) is 33.9 Å². The van der Waals surface area contributed by atoms with Crippen LogP contribution in [0.5, 0.6) is 11.5 Å². The molecule has 0 unspecified atom stereocenters. The molecular formula is C23H27ClN2O4.